The summed E-state index contributed by atoms with van der Waals surface area (Å²) >= 11 is 0. The van der Waals surface area contributed by atoms with Crippen molar-refractivity contribution in [3.8, 4) is 74.7 Å². The Bertz CT molecular complexity index is 2780. The lowest BCUT2D eigenvalue weighted by Crippen LogP contribution is -2.08. The van der Waals surface area contributed by atoms with Gasteiger partial charge in [0.15, 0.2) is 34.6 Å². The minimum atomic E-state index is -2.57. The number of carbonyl (C=O) groups is 2. The van der Waals surface area contributed by atoms with Crippen LogP contribution in [0.2, 0.25) is 0 Å². The van der Waals surface area contributed by atoms with Crippen molar-refractivity contribution in [1.82, 2.24) is 0 Å². The quantitative estimate of drug-likeness (QED) is 0.0387. The van der Waals surface area contributed by atoms with Crippen LogP contribution in [-0.2, 0) is 0 Å². The second kappa shape index (κ2) is 21.8. The van der Waals surface area contributed by atoms with Crippen molar-refractivity contribution in [3.05, 3.63) is 126 Å². The van der Waals surface area contributed by atoms with Gasteiger partial charge in [0.25, 0.3) is 0 Å². The summed E-state index contributed by atoms with van der Waals surface area (Å²) < 4.78 is 72.9. The average molecular weight is 951 g/mol. The first kappa shape index (κ1) is 47.6. The summed E-state index contributed by atoms with van der Waals surface area (Å²) in [5, 5.41) is 14.2. The zero-order valence-corrected chi connectivity index (χ0v) is 39.7. The Balaban J connectivity index is 1.35. The number of phenols is 1. The molecule has 0 amide bonds. The standard InChI is InChI=1S/C50H48O15P2/c1-9-58-40-23-19-36(56-7)28-46(40)64-67(65-47-29-37(57-8)20-24-41(47)59-10-2)61-43-16-12-14-33-25-32-13-11-15-42(48(32)50(53)49(33)43)60-66(62-44-26-34(54-5)17-21-38(44)30(3)51)63-45-27-35(55-6)18-22-39(45)31(4)52/h11-29,53H,9-10H2,1-8H3. The van der Waals surface area contributed by atoms with Gasteiger partial charge in [-0.1, -0.05) is 24.3 Å². The van der Waals surface area contributed by atoms with E-state index in [0.717, 1.165) is 0 Å². The van der Waals surface area contributed by atoms with Crippen LogP contribution in [0.25, 0.3) is 21.5 Å². The Labute approximate surface area is 389 Å². The van der Waals surface area contributed by atoms with Gasteiger partial charge in [0.1, 0.15) is 51.7 Å². The molecular formula is C50H48O15P2. The highest BCUT2D eigenvalue weighted by atomic mass is 31.2. The van der Waals surface area contributed by atoms with Gasteiger partial charge in [-0.05, 0) is 105 Å². The second-order valence-electron chi connectivity index (χ2n) is 14.3. The fourth-order valence-electron chi connectivity index (χ4n) is 6.80. The van der Waals surface area contributed by atoms with E-state index in [4.69, 9.17) is 55.6 Å². The number of benzene rings is 7. The zero-order chi connectivity index (χ0) is 47.6. The topological polar surface area (TPSA) is 165 Å². The van der Waals surface area contributed by atoms with Crippen molar-refractivity contribution in [2.24, 2.45) is 0 Å². The van der Waals surface area contributed by atoms with Crippen molar-refractivity contribution in [1.29, 1.82) is 0 Å². The summed E-state index contributed by atoms with van der Waals surface area (Å²) in [5.74, 6) is 2.79. The maximum atomic E-state index is 12.9. The third-order valence-electron chi connectivity index (χ3n) is 9.98. The monoisotopic (exact) mass is 950 g/mol. The number of rotatable bonds is 22. The van der Waals surface area contributed by atoms with E-state index >= 15 is 0 Å². The van der Waals surface area contributed by atoms with E-state index in [-0.39, 0.29) is 73.7 Å². The van der Waals surface area contributed by atoms with E-state index in [2.05, 4.69) is 0 Å². The van der Waals surface area contributed by atoms with Crippen LogP contribution in [0.5, 0.6) is 74.7 Å². The maximum absolute atomic E-state index is 12.9. The molecule has 0 fully saturated rings. The van der Waals surface area contributed by atoms with Crippen molar-refractivity contribution >= 4 is 50.3 Å². The number of Topliss-reactive ketones (excluding diaryl/α,β-unsaturated/α-hetero) is 2. The zero-order valence-electron chi connectivity index (χ0n) is 37.9. The summed E-state index contributed by atoms with van der Waals surface area (Å²) in [6, 6.07) is 31.9. The van der Waals surface area contributed by atoms with E-state index in [0.29, 0.717) is 58.5 Å². The maximum Gasteiger partial charge on any atom is 0.530 e. The first-order valence-corrected chi connectivity index (χ1v) is 23.0. The summed E-state index contributed by atoms with van der Waals surface area (Å²) in [6.07, 6.45) is 0. The van der Waals surface area contributed by atoms with Crippen molar-refractivity contribution < 1.29 is 70.3 Å². The first-order chi connectivity index (χ1) is 32.5. The number of fused-ring (bicyclic) bond motifs is 2. The lowest BCUT2D eigenvalue weighted by molar-refractivity contribution is 0.100. The molecule has 7 aromatic carbocycles. The number of carbonyl (C=O) groups excluding carboxylic acids is 2. The van der Waals surface area contributed by atoms with E-state index in [9.17, 15) is 14.7 Å². The molecule has 7 aromatic rings. The Hall–Kier alpha value is -7.34. The largest absolute Gasteiger partial charge is 0.530 e. The molecule has 0 aliphatic carbocycles. The highest BCUT2D eigenvalue weighted by molar-refractivity contribution is 7.43. The summed E-state index contributed by atoms with van der Waals surface area (Å²) in [6.45, 7) is 7.17. The molecule has 0 saturated heterocycles. The fourth-order valence-corrected chi connectivity index (χ4v) is 8.88. The molecule has 0 unspecified atom stereocenters. The van der Waals surface area contributed by atoms with E-state index in [1.807, 2.05) is 26.0 Å². The van der Waals surface area contributed by atoms with Gasteiger partial charge in [0, 0.05) is 24.3 Å². The molecule has 0 bridgehead atoms. The normalized spacial score (nSPS) is 11.0. The number of methoxy groups -OCH3 is 4. The molecule has 0 atom stereocenters. The van der Waals surface area contributed by atoms with Crippen molar-refractivity contribution in [3.63, 3.8) is 0 Å². The molecule has 0 heterocycles. The summed E-state index contributed by atoms with van der Waals surface area (Å²) in [7, 11) is 1.02. The van der Waals surface area contributed by atoms with Gasteiger partial charge in [0.05, 0.1) is 63.6 Å². The molecule has 0 aromatic heterocycles. The molecule has 7 rings (SSSR count). The lowest BCUT2D eigenvalue weighted by atomic mass is 10.0. The third kappa shape index (κ3) is 11.0. The van der Waals surface area contributed by atoms with Crippen molar-refractivity contribution in [2.45, 2.75) is 27.7 Å². The third-order valence-corrected chi connectivity index (χ3v) is 12.1. The number of ketones is 2. The minimum Gasteiger partial charge on any atom is -0.506 e. The molecule has 15 nitrogen and oxygen atoms in total. The van der Waals surface area contributed by atoms with Crippen LogP contribution in [-0.4, -0.2) is 58.3 Å². The van der Waals surface area contributed by atoms with Gasteiger partial charge in [0.2, 0.25) is 0 Å². The number of ether oxygens (including phenoxy) is 6. The highest BCUT2D eigenvalue weighted by Crippen LogP contribution is 2.53. The number of phenolic OH excluding ortho intramolecular Hbond substituents is 1. The Kier molecular flexibility index (Phi) is 15.5. The molecule has 348 valence electrons. The number of aromatic hydroxyl groups is 1. The van der Waals surface area contributed by atoms with Gasteiger partial charge in [-0.3, -0.25) is 9.59 Å². The van der Waals surface area contributed by atoms with Crippen LogP contribution in [0.4, 0.5) is 0 Å². The van der Waals surface area contributed by atoms with Crippen LogP contribution < -0.4 is 55.6 Å². The SMILES string of the molecule is CCOc1ccc(OC)cc1OP(Oc1cc(OC)ccc1OCC)Oc1cccc2cc3cccc(OP(Oc4cc(OC)ccc4C(C)=O)Oc4cc(OC)ccc4C(C)=O)c3c(O)c12. The van der Waals surface area contributed by atoms with Gasteiger partial charge in [-0.25, -0.2) is 0 Å². The average Bonchev–Trinajstić information content (AvgIpc) is 3.32. The Morgan fingerprint density at radius 3 is 1.13 bits per heavy atom. The fraction of sp³-hybridized carbons (Fsp3) is 0.200. The molecule has 0 radical (unpaired) electrons. The molecular weight excluding hydrogens is 902 g/mol. The molecule has 0 aliphatic heterocycles. The molecule has 67 heavy (non-hydrogen) atoms. The van der Waals surface area contributed by atoms with Crippen LogP contribution in [0, 0.1) is 0 Å². The van der Waals surface area contributed by atoms with Crippen LogP contribution in [0.15, 0.2) is 115 Å². The van der Waals surface area contributed by atoms with Crippen LogP contribution >= 0.6 is 17.2 Å². The Morgan fingerprint density at radius 2 is 0.776 bits per heavy atom. The predicted molar refractivity (Wildman–Crippen MR) is 255 cm³/mol. The first-order valence-electron chi connectivity index (χ1n) is 20.8. The molecule has 0 aliphatic rings. The van der Waals surface area contributed by atoms with E-state index < -0.39 is 17.2 Å². The molecule has 1 N–H and O–H groups in total. The Morgan fingerprint density at radius 1 is 0.433 bits per heavy atom. The molecule has 17 heteroatoms. The highest BCUT2D eigenvalue weighted by Gasteiger charge is 2.30. The second-order valence-corrected chi connectivity index (χ2v) is 16.2. The van der Waals surface area contributed by atoms with Crippen molar-refractivity contribution in [2.75, 3.05) is 41.7 Å². The van der Waals surface area contributed by atoms with Crippen LogP contribution in [0.3, 0.4) is 0 Å². The molecule has 0 spiro atoms. The van der Waals surface area contributed by atoms with Gasteiger partial charge in [-0.15, -0.1) is 0 Å². The smallest absolute Gasteiger partial charge is 0.506 e. The summed E-state index contributed by atoms with van der Waals surface area (Å²) in [5.41, 5.74) is 0.439. The van der Waals surface area contributed by atoms with Gasteiger partial charge in [-0.2, -0.15) is 0 Å². The lowest BCUT2D eigenvalue weighted by Gasteiger charge is -2.23. The molecule has 0 saturated carbocycles. The number of hydrogen-bond donors (Lipinski definition) is 1. The summed E-state index contributed by atoms with van der Waals surface area (Å²) in [4.78, 5) is 25.7. The van der Waals surface area contributed by atoms with E-state index in [1.165, 1.54) is 54.4 Å². The van der Waals surface area contributed by atoms with E-state index in [1.54, 1.807) is 91.0 Å². The number of hydrogen-bond acceptors (Lipinski definition) is 15. The van der Waals surface area contributed by atoms with Gasteiger partial charge < -0.3 is 60.7 Å². The van der Waals surface area contributed by atoms with Crippen LogP contribution in [0.1, 0.15) is 48.4 Å². The minimum absolute atomic E-state index is 0.0937. The van der Waals surface area contributed by atoms with Gasteiger partial charge >= 0.3 is 17.2 Å². The predicted octanol–water partition coefficient (Wildman–Crippen LogP) is 12.5.